The van der Waals surface area contributed by atoms with Gasteiger partial charge < -0.3 is 14.9 Å². The molecule has 1 aromatic carbocycles. The van der Waals surface area contributed by atoms with E-state index in [0.717, 1.165) is 17.0 Å². The molecule has 3 heterocycles. The van der Waals surface area contributed by atoms with Gasteiger partial charge in [0.2, 0.25) is 0 Å². The van der Waals surface area contributed by atoms with Gasteiger partial charge in [0, 0.05) is 18.7 Å². The number of amides is 1. The number of carbonyl (C=O) groups is 1. The van der Waals surface area contributed by atoms with Gasteiger partial charge >= 0.3 is 0 Å². The van der Waals surface area contributed by atoms with Crippen molar-refractivity contribution in [1.29, 1.82) is 5.26 Å². The predicted octanol–water partition coefficient (Wildman–Crippen LogP) is 2.40. The number of nitrogens with one attached hydrogen (secondary N) is 2. The number of aromatic nitrogens is 3. The Morgan fingerprint density at radius 2 is 2.12 bits per heavy atom. The molecule has 2 N–H and O–H groups in total. The van der Waals surface area contributed by atoms with Crippen LogP contribution in [0.25, 0.3) is 0 Å². The van der Waals surface area contributed by atoms with Crippen LogP contribution in [0.2, 0.25) is 0 Å². The molecule has 0 spiro atoms. The van der Waals surface area contributed by atoms with Crippen molar-refractivity contribution in [2.75, 3.05) is 6.54 Å². The molecule has 6 nitrogen and oxygen atoms in total. The van der Waals surface area contributed by atoms with Crippen molar-refractivity contribution in [1.82, 2.24) is 19.9 Å². The smallest absolute Gasteiger partial charge is 0.270 e. The SMILES string of the molecule is N#Cc1c[nH]c(C(=O)N2Cc3[nH]cnc3C(c3ccccc3)C2)c1. The molecule has 1 aliphatic heterocycles. The van der Waals surface area contributed by atoms with Crippen molar-refractivity contribution in [3.05, 3.63) is 77.1 Å². The van der Waals surface area contributed by atoms with Crippen LogP contribution in [-0.4, -0.2) is 32.3 Å². The Bertz CT molecular complexity index is 918. The highest BCUT2D eigenvalue weighted by Crippen LogP contribution is 2.31. The molecular weight excluding hydrogens is 302 g/mol. The average Bonchev–Trinajstić information content (AvgIpc) is 3.30. The van der Waals surface area contributed by atoms with E-state index in [0.29, 0.717) is 24.3 Å². The summed E-state index contributed by atoms with van der Waals surface area (Å²) in [4.78, 5) is 25.1. The van der Waals surface area contributed by atoms with Crippen LogP contribution in [0, 0.1) is 11.3 Å². The van der Waals surface area contributed by atoms with Crippen LogP contribution in [0.4, 0.5) is 0 Å². The van der Waals surface area contributed by atoms with E-state index in [2.05, 4.69) is 27.1 Å². The van der Waals surface area contributed by atoms with Crippen molar-refractivity contribution in [3.63, 3.8) is 0 Å². The van der Waals surface area contributed by atoms with Gasteiger partial charge in [-0.05, 0) is 11.6 Å². The van der Waals surface area contributed by atoms with E-state index >= 15 is 0 Å². The number of rotatable bonds is 2. The number of carbonyl (C=O) groups excluding carboxylic acids is 1. The van der Waals surface area contributed by atoms with Gasteiger partial charge in [0.15, 0.2) is 0 Å². The molecule has 1 unspecified atom stereocenters. The van der Waals surface area contributed by atoms with E-state index in [-0.39, 0.29) is 11.8 Å². The first kappa shape index (κ1) is 14.3. The lowest BCUT2D eigenvalue weighted by molar-refractivity contribution is 0.0716. The van der Waals surface area contributed by atoms with Crippen LogP contribution in [0.15, 0.2) is 48.9 Å². The molecule has 4 rings (SSSR count). The molecule has 0 radical (unpaired) electrons. The normalized spacial score (nSPS) is 16.5. The Kier molecular flexibility index (Phi) is 3.39. The molecule has 1 atom stereocenters. The summed E-state index contributed by atoms with van der Waals surface area (Å²) in [6, 6.07) is 13.7. The topological polar surface area (TPSA) is 88.6 Å². The van der Waals surface area contributed by atoms with Gasteiger partial charge in [0.25, 0.3) is 5.91 Å². The van der Waals surface area contributed by atoms with Crippen LogP contribution >= 0.6 is 0 Å². The number of nitrogens with zero attached hydrogens (tertiary/aromatic N) is 3. The first-order valence-corrected chi connectivity index (χ1v) is 7.71. The number of nitriles is 1. The molecule has 3 aromatic rings. The van der Waals surface area contributed by atoms with Gasteiger partial charge in [0.05, 0.1) is 29.8 Å². The fourth-order valence-corrected chi connectivity index (χ4v) is 3.18. The minimum Gasteiger partial charge on any atom is -0.356 e. The van der Waals surface area contributed by atoms with Crippen molar-refractivity contribution in [2.45, 2.75) is 12.5 Å². The van der Waals surface area contributed by atoms with E-state index in [4.69, 9.17) is 5.26 Å². The largest absolute Gasteiger partial charge is 0.356 e. The average molecular weight is 317 g/mol. The fraction of sp³-hybridized carbons (Fsp3) is 0.167. The van der Waals surface area contributed by atoms with Crippen molar-refractivity contribution >= 4 is 5.91 Å². The molecule has 0 bridgehead atoms. The molecule has 0 fully saturated rings. The van der Waals surface area contributed by atoms with Crippen LogP contribution in [0.1, 0.15) is 38.9 Å². The monoisotopic (exact) mass is 317 g/mol. The van der Waals surface area contributed by atoms with E-state index in [1.165, 1.54) is 0 Å². The summed E-state index contributed by atoms with van der Waals surface area (Å²) in [5.41, 5.74) is 3.97. The minimum absolute atomic E-state index is 0.0375. The van der Waals surface area contributed by atoms with Crippen molar-refractivity contribution in [3.8, 4) is 6.07 Å². The van der Waals surface area contributed by atoms with E-state index in [9.17, 15) is 4.79 Å². The van der Waals surface area contributed by atoms with Gasteiger partial charge in [-0.3, -0.25) is 4.79 Å². The molecule has 24 heavy (non-hydrogen) atoms. The molecule has 1 amide bonds. The maximum absolute atomic E-state index is 12.8. The van der Waals surface area contributed by atoms with Gasteiger partial charge in [-0.25, -0.2) is 4.98 Å². The van der Waals surface area contributed by atoms with Gasteiger partial charge in [-0.2, -0.15) is 5.26 Å². The molecule has 6 heteroatoms. The van der Waals surface area contributed by atoms with E-state index in [1.807, 2.05) is 24.3 Å². The summed E-state index contributed by atoms with van der Waals surface area (Å²) in [5, 5.41) is 8.93. The predicted molar refractivity (Wildman–Crippen MR) is 87.1 cm³/mol. The highest BCUT2D eigenvalue weighted by atomic mass is 16.2. The minimum atomic E-state index is -0.113. The Morgan fingerprint density at radius 1 is 1.29 bits per heavy atom. The lowest BCUT2D eigenvalue weighted by Gasteiger charge is -2.32. The number of fused-ring (bicyclic) bond motifs is 1. The summed E-state index contributed by atoms with van der Waals surface area (Å²) in [5.74, 6) is -0.0757. The number of aromatic amines is 2. The Hall–Kier alpha value is -3.33. The Morgan fingerprint density at radius 3 is 2.88 bits per heavy atom. The maximum atomic E-state index is 12.8. The Balaban J connectivity index is 1.67. The molecule has 0 aliphatic carbocycles. The quantitative estimate of drug-likeness (QED) is 0.760. The maximum Gasteiger partial charge on any atom is 0.270 e. The van der Waals surface area contributed by atoms with Crippen molar-refractivity contribution < 1.29 is 4.79 Å². The van der Waals surface area contributed by atoms with E-state index < -0.39 is 0 Å². The van der Waals surface area contributed by atoms with Crippen LogP contribution in [0.5, 0.6) is 0 Å². The summed E-state index contributed by atoms with van der Waals surface area (Å²) in [6.07, 6.45) is 3.23. The number of hydrogen-bond acceptors (Lipinski definition) is 3. The van der Waals surface area contributed by atoms with Crippen LogP contribution < -0.4 is 0 Å². The summed E-state index contributed by atoms with van der Waals surface area (Å²) < 4.78 is 0. The van der Waals surface area contributed by atoms with E-state index in [1.54, 1.807) is 23.5 Å². The zero-order chi connectivity index (χ0) is 16.5. The third-order valence-corrected chi connectivity index (χ3v) is 4.37. The highest BCUT2D eigenvalue weighted by molar-refractivity contribution is 5.93. The summed E-state index contributed by atoms with van der Waals surface area (Å²) >= 11 is 0. The lowest BCUT2D eigenvalue weighted by atomic mass is 9.91. The molecule has 2 aromatic heterocycles. The first-order chi connectivity index (χ1) is 11.8. The second-order valence-corrected chi connectivity index (χ2v) is 5.83. The zero-order valence-electron chi connectivity index (χ0n) is 12.9. The molecule has 118 valence electrons. The number of benzene rings is 1. The molecule has 1 aliphatic rings. The second-order valence-electron chi connectivity index (χ2n) is 5.83. The number of imidazole rings is 1. The molecule has 0 saturated carbocycles. The van der Waals surface area contributed by atoms with Crippen LogP contribution in [-0.2, 0) is 6.54 Å². The lowest BCUT2D eigenvalue weighted by Crippen LogP contribution is -2.38. The number of H-pyrrole nitrogens is 2. The molecule has 0 saturated heterocycles. The van der Waals surface area contributed by atoms with Gasteiger partial charge in [-0.1, -0.05) is 30.3 Å². The molecular formula is C18H15N5O. The first-order valence-electron chi connectivity index (χ1n) is 7.71. The summed E-state index contributed by atoms with van der Waals surface area (Å²) in [6.45, 7) is 1.04. The van der Waals surface area contributed by atoms with Crippen molar-refractivity contribution in [2.24, 2.45) is 0 Å². The van der Waals surface area contributed by atoms with Gasteiger partial charge in [-0.15, -0.1) is 0 Å². The zero-order valence-corrected chi connectivity index (χ0v) is 12.9. The highest BCUT2D eigenvalue weighted by Gasteiger charge is 2.32. The third kappa shape index (κ3) is 2.36. The standard InChI is InChI=1S/C18H15N5O/c19-7-12-6-15(20-8-12)18(24)23-9-14(13-4-2-1-3-5-13)17-16(10-23)21-11-22-17/h1-6,8,11,14,20H,9-10H2,(H,21,22). The summed E-state index contributed by atoms with van der Waals surface area (Å²) in [7, 11) is 0. The number of hydrogen-bond donors (Lipinski definition) is 2. The third-order valence-electron chi connectivity index (χ3n) is 4.37. The fourth-order valence-electron chi connectivity index (χ4n) is 3.18. The van der Waals surface area contributed by atoms with Gasteiger partial charge in [0.1, 0.15) is 11.8 Å². The second kappa shape index (κ2) is 5.70. The van der Waals surface area contributed by atoms with Crippen LogP contribution in [0.3, 0.4) is 0 Å². The Labute approximate surface area is 138 Å².